The number of benzene rings is 1. The van der Waals surface area contributed by atoms with Crippen LogP contribution in [0.5, 0.6) is 0 Å². The molecule has 1 aromatic rings. The highest BCUT2D eigenvalue weighted by Gasteiger charge is 2.42. The summed E-state index contributed by atoms with van der Waals surface area (Å²) in [5, 5.41) is 0. The molecule has 0 bridgehead atoms. The normalized spacial score (nSPS) is 11.6. The molecule has 0 fully saturated rings. The zero-order chi connectivity index (χ0) is 15.1. The van der Waals surface area contributed by atoms with E-state index in [1.54, 1.807) is 30.3 Å². The minimum atomic E-state index is -1.40. The highest BCUT2D eigenvalue weighted by Crippen LogP contribution is 2.28. The Morgan fingerprint density at radius 2 is 1.25 bits per heavy atom. The van der Waals surface area contributed by atoms with Gasteiger partial charge in [-0.05, 0) is 5.56 Å². The summed E-state index contributed by atoms with van der Waals surface area (Å²) in [4.78, 5) is 35.6. The topological polar surface area (TPSA) is 78.9 Å². The Balaban J connectivity index is 3.29. The van der Waals surface area contributed by atoms with Crippen molar-refractivity contribution in [3.8, 4) is 0 Å². The average molecular weight is 280 g/mol. The molecule has 1 atom stereocenters. The van der Waals surface area contributed by atoms with Gasteiger partial charge in [-0.2, -0.15) is 0 Å². The fourth-order valence-electron chi connectivity index (χ4n) is 1.87. The maximum Gasteiger partial charge on any atom is 0.321 e. The molecule has 0 N–H and O–H groups in total. The third-order valence-electron chi connectivity index (χ3n) is 2.86. The molecule has 108 valence electrons. The van der Waals surface area contributed by atoms with Crippen molar-refractivity contribution in [2.75, 3.05) is 21.3 Å². The first-order chi connectivity index (χ1) is 9.56. The maximum atomic E-state index is 12.0. The minimum absolute atomic E-state index is 0.472. The molecule has 6 heteroatoms. The van der Waals surface area contributed by atoms with Gasteiger partial charge in [0.15, 0.2) is 5.92 Å². The van der Waals surface area contributed by atoms with Crippen LogP contribution < -0.4 is 0 Å². The van der Waals surface area contributed by atoms with Gasteiger partial charge in [0.1, 0.15) is 5.92 Å². The molecule has 0 saturated carbocycles. The van der Waals surface area contributed by atoms with Crippen LogP contribution in [0.25, 0.3) is 0 Å². The monoisotopic (exact) mass is 280 g/mol. The summed E-state index contributed by atoms with van der Waals surface area (Å²) in [6.07, 6.45) is 0. The van der Waals surface area contributed by atoms with Crippen LogP contribution in [0, 0.1) is 5.92 Å². The molecule has 0 heterocycles. The molecule has 0 saturated heterocycles. The van der Waals surface area contributed by atoms with Crippen LogP contribution in [-0.2, 0) is 28.6 Å². The summed E-state index contributed by atoms with van der Waals surface area (Å²) >= 11 is 0. The Morgan fingerprint density at radius 3 is 1.65 bits per heavy atom. The van der Waals surface area contributed by atoms with E-state index in [9.17, 15) is 14.4 Å². The molecule has 0 aliphatic rings. The van der Waals surface area contributed by atoms with Crippen LogP contribution in [0.1, 0.15) is 11.5 Å². The van der Waals surface area contributed by atoms with E-state index in [0.717, 1.165) is 14.2 Å². The molecule has 6 nitrogen and oxygen atoms in total. The molecule has 0 aliphatic heterocycles. The van der Waals surface area contributed by atoms with Crippen LogP contribution >= 0.6 is 0 Å². The van der Waals surface area contributed by atoms with E-state index in [1.165, 1.54) is 7.11 Å². The van der Waals surface area contributed by atoms with Gasteiger partial charge in [-0.25, -0.2) is 0 Å². The van der Waals surface area contributed by atoms with E-state index in [-0.39, 0.29) is 0 Å². The number of esters is 3. The number of hydrogen-bond acceptors (Lipinski definition) is 6. The van der Waals surface area contributed by atoms with Gasteiger partial charge in [0.25, 0.3) is 0 Å². The molecule has 0 amide bonds. The fourth-order valence-corrected chi connectivity index (χ4v) is 1.87. The lowest BCUT2D eigenvalue weighted by atomic mass is 9.86. The summed E-state index contributed by atoms with van der Waals surface area (Å²) in [5.74, 6) is -4.93. The lowest BCUT2D eigenvalue weighted by molar-refractivity contribution is -0.165. The fraction of sp³-hybridized carbons (Fsp3) is 0.357. The molecule has 0 aliphatic carbocycles. The van der Waals surface area contributed by atoms with Gasteiger partial charge in [0.2, 0.25) is 0 Å². The van der Waals surface area contributed by atoms with Crippen LogP contribution in [0.2, 0.25) is 0 Å². The predicted molar refractivity (Wildman–Crippen MR) is 68.7 cm³/mol. The van der Waals surface area contributed by atoms with E-state index < -0.39 is 29.7 Å². The third-order valence-corrected chi connectivity index (χ3v) is 2.86. The zero-order valence-corrected chi connectivity index (χ0v) is 11.5. The van der Waals surface area contributed by atoms with Gasteiger partial charge in [-0.3, -0.25) is 14.4 Å². The lowest BCUT2D eigenvalue weighted by Crippen LogP contribution is -2.36. The Bertz CT molecular complexity index is 466. The first kappa shape index (κ1) is 15.7. The Kier molecular flexibility index (Phi) is 5.71. The van der Waals surface area contributed by atoms with Crippen molar-refractivity contribution in [3.05, 3.63) is 35.9 Å². The van der Waals surface area contributed by atoms with Crippen molar-refractivity contribution in [3.63, 3.8) is 0 Å². The van der Waals surface area contributed by atoms with Crippen LogP contribution in [0.15, 0.2) is 30.3 Å². The molecule has 0 radical (unpaired) electrons. The quantitative estimate of drug-likeness (QED) is 0.453. The number of carbonyl (C=O) groups is 3. The molecule has 1 rings (SSSR count). The number of rotatable bonds is 5. The van der Waals surface area contributed by atoms with Gasteiger partial charge in [0.05, 0.1) is 21.3 Å². The highest BCUT2D eigenvalue weighted by atomic mass is 16.5. The van der Waals surface area contributed by atoms with Crippen molar-refractivity contribution in [2.45, 2.75) is 5.92 Å². The largest absolute Gasteiger partial charge is 0.469 e. The van der Waals surface area contributed by atoms with E-state index in [0.29, 0.717) is 5.56 Å². The first-order valence-electron chi connectivity index (χ1n) is 5.85. The van der Waals surface area contributed by atoms with Gasteiger partial charge in [-0.1, -0.05) is 30.3 Å². The smallest absolute Gasteiger partial charge is 0.321 e. The lowest BCUT2D eigenvalue weighted by Gasteiger charge is -2.21. The Hall–Kier alpha value is -2.37. The standard InChI is InChI=1S/C14H16O6/c1-18-12(15)10(9-7-5-4-6-8-9)11(13(16)19-2)14(17)20-3/h4-8,10-11H,1-3H3. The van der Waals surface area contributed by atoms with Crippen molar-refractivity contribution < 1.29 is 28.6 Å². The number of hydrogen-bond donors (Lipinski definition) is 0. The summed E-state index contributed by atoms with van der Waals surface area (Å²) < 4.78 is 13.9. The van der Waals surface area contributed by atoms with E-state index in [2.05, 4.69) is 14.2 Å². The second kappa shape index (κ2) is 7.28. The molecule has 1 unspecified atom stereocenters. The number of ether oxygens (including phenoxy) is 3. The predicted octanol–water partition coefficient (Wildman–Crippen LogP) is 0.905. The maximum absolute atomic E-state index is 12.0. The first-order valence-corrected chi connectivity index (χ1v) is 5.85. The Labute approximate surface area is 116 Å². The molecular weight excluding hydrogens is 264 g/mol. The van der Waals surface area contributed by atoms with Crippen LogP contribution in [0.4, 0.5) is 0 Å². The SMILES string of the molecule is COC(=O)C(C(=O)OC)C(C(=O)OC)c1ccccc1. The molecule has 0 aromatic heterocycles. The average Bonchev–Trinajstić information content (AvgIpc) is 2.51. The van der Waals surface area contributed by atoms with E-state index in [1.807, 2.05) is 0 Å². The number of methoxy groups -OCH3 is 3. The highest BCUT2D eigenvalue weighted by molar-refractivity contribution is 6.01. The molecule has 0 spiro atoms. The second-order valence-corrected chi connectivity index (χ2v) is 3.94. The minimum Gasteiger partial charge on any atom is -0.469 e. The Morgan fingerprint density at radius 1 is 0.800 bits per heavy atom. The van der Waals surface area contributed by atoms with Crippen molar-refractivity contribution in [2.24, 2.45) is 5.92 Å². The van der Waals surface area contributed by atoms with Crippen molar-refractivity contribution in [1.29, 1.82) is 0 Å². The molecule has 1 aromatic carbocycles. The van der Waals surface area contributed by atoms with Crippen LogP contribution in [-0.4, -0.2) is 39.2 Å². The van der Waals surface area contributed by atoms with Crippen molar-refractivity contribution >= 4 is 17.9 Å². The molecule has 20 heavy (non-hydrogen) atoms. The summed E-state index contributed by atoms with van der Waals surface area (Å²) in [5.41, 5.74) is 0.472. The summed E-state index contributed by atoms with van der Waals surface area (Å²) in [6.45, 7) is 0. The molecular formula is C14H16O6. The van der Waals surface area contributed by atoms with Crippen LogP contribution in [0.3, 0.4) is 0 Å². The number of carbonyl (C=O) groups excluding carboxylic acids is 3. The van der Waals surface area contributed by atoms with Crippen molar-refractivity contribution in [1.82, 2.24) is 0 Å². The van der Waals surface area contributed by atoms with E-state index >= 15 is 0 Å². The zero-order valence-electron chi connectivity index (χ0n) is 11.5. The van der Waals surface area contributed by atoms with Gasteiger partial charge in [0, 0.05) is 0 Å². The third kappa shape index (κ3) is 3.34. The second-order valence-electron chi connectivity index (χ2n) is 3.94. The van der Waals surface area contributed by atoms with E-state index in [4.69, 9.17) is 0 Å². The van der Waals surface area contributed by atoms with Gasteiger partial charge < -0.3 is 14.2 Å². The van der Waals surface area contributed by atoms with Gasteiger partial charge in [-0.15, -0.1) is 0 Å². The summed E-state index contributed by atoms with van der Waals surface area (Å²) in [6, 6.07) is 8.39. The summed E-state index contributed by atoms with van der Waals surface area (Å²) in [7, 11) is 3.46. The van der Waals surface area contributed by atoms with Gasteiger partial charge >= 0.3 is 17.9 Å².